The van der Waals surface area contributed by atoms with E-state index in [0.29, 0.717) is 55.2 Å². The van der Waals surface area contributed by atoms with E-state index in [1.54, 1.807) is 24.3 Å². The van der Waals surface area contributed by atoms with Gasteiger partial charge in [0.15, 0.2) is 5.78 Å². The molecule has 0 unspecified atom stereocenters. The Morgan fingerprint density at radius 1 is 0.886 bits per heavy atom. The zero-order chi connectivity index (χ0) is 31.1. The van der Waals surface area contributed by atoms with Crippen LogP contribution >= 0.6 is 0 Å². The Morgan fingerprint density at radius 2 is 1.59 bits per heavy atom. The maximum Gasteiger partial charge on any atom is 0.229 e. The van der Waals surface area contributed by atoms with Gasteiger partial charge in [0, 0.05) is 42.9 Å². The van der Waals surface area contributed by atoms with Crippen molar-refractivity contribution in [2.75, 3.05) is 35.6 Å². The summed E-state index contributed by atoms with van der Waals surface area (Å²) in [5.74, 6) is 0.656. The van der Waals surface area contributed by atoms with E-state index in [2.05, 4.69) is 21.8 Å². The number of anilines is 2. The molecule has 0 saturated carbocycles. The zero-order valence-corrected chi connectivity index (χ0v) is 25.8. The van der Waals surface area contributed by atoms with Crippen LogP contribution in [0.1, 0.15) is 45.5 Å². The highest BCUT2D eigenvalue weighted by Crippen LogP contribution is 2.30. The van der Waals surface area contributed by atoms with E-state index < -0.39 is 10.0 Å². The SMILES string of the molecule is Cc1c(NS(C)(=O)=O)cccc1N(Cc1ccccc1)Cc1ccc(C(=O)c2cccc(OCCN3CCCC3=O)c2)cc1. The first kappa shape index (κ1) is 30.8. The molecule has 4 aromatic rings. The molecule has 0 bridgehead atoms. The van der Waals surface area contributed by atoms with Gasteiger partial charge in [-0.05, 0) is 54.3 Å². The van der Waals surface area contributed by atoms with Crippen LogP contribution in [0.5, 0.6) is 5.75 Å². The molecular formula is C35H37N3O5S. The number of ketones is 1. The van der Waals surface area contributed by atoms with Crippen LogP contribution in [0.3, 0.4) is 0 Å². The first-order valence-electron chi connectivity index (χ1n) is 14.7. The molecule has 1 fully saturated rings. The third-order valence-electron chi connectivity index (χ3n) is 7.64. The second-order valence-electron chi connectivity index (χ2n) is 11.1. The van der Waals surface area contributed by atoms with Crippen molar-refractivity contribution in [3.05, 3.63) is 125 Å². The summed E-state index contributed by atoms with van der Waals surface area (Å²) in [7, 11) is -3.43. The van der Waals surface area contributed by atoms with E-state index in [1.807, 2.05) is 72.5 Å². The van der Waals surface area contributed by atoms with Crippen molar-refractivity contribution in [2.45, 2.75) is 32.9 Å². The number of sulfonamides is 1. The summed E-state index contributed by atoms with van der Waals surface area (Å²) in [6.07, 6.45) is 2.64. The molecular weight excluding hydrogens is 574 g/mol. The van der Waals surface area contributed by atoms with Crippen molar-refractivity contribution in [3.8, 4) is 5.75 Å². The van der Waals surface area contributed by atoms with E-state index in [1.165, 1.54) is 0 Å². The second-order valence-corrected chi connectivity index (χ2v) is 12.8. The maximum atomic E-state index is 13.3. The van der Waals surface area contributed by atoms with Crippen LogP contribution in [0.2, 0.25) is 0 Å². The molecule has 1 N–H and O–H groups in total. The molecule has 1 saturated heterocycles. The fraction of sp³-hybridized carbons (Fsp3) is 0.257. The van der Waals surface area contributed by atoms with E-state index in [4.69, 9.17) is 4.74 Å². The third kappa shape index (κ3) is 8.05. The van der Waals surface area contributed by atoms with Crippen molar-refractivity contribution in [1.82, 2.24) is 4.90 Å². The topological polar surface area (TPSA) is 96.0 Å². The average Bonchev–Trinajstić information content (AvgIpc) is 3.42. The van der Waals surface area contributed by atoms with E-state index in [9.17, 15) is 18.0 Å². The summed E-state index contributed by atoms with van der Waals surface area (Å²) in [5.41, 5.74) is 5.51. The van der Waals surface area contributed by atoms with Crippen molar-refractivity contribution in [3.63, 3.8) is 0 Å². The summed E-state index contributed by atoms with van der Waals surface area (Å²) < 4.78 is 32.4. The highest BCUT2D eigenvalue weighted by molar-refractivity contribution is 7.92. The summed E-state index contributed by atoms with van der Waals surface area (Å²) >= 11 is 0. The quantitative estimate of drug-likeness (QED) is 0.192. The molecule has 0 aliphatic carbocycles. The van der Waals surface area contributed by atoms with Crippen LogP contribution in [-0.4, -0.2) is 51.0 Å². The largest absolute Gasteiger partial charge is 0.492 e. The molecule has 1 amide bonds. The smallest absolute Gasteiger partial charge is 0.229 e. The fourth-order valence-corrected chi connectivity index (χ4v) is 6.02. The van der Waals surface area contributed by atoms with Crippen LogP contribution < -0.4 is 14.4 Å². The third-order valence-corrected chi connectivity index (χ3v) is 8.24. The number of nitrogens with one attached hydrogen (secondary N) is 1. The highest BCUT2D eigenvalue weighted by atomic mass is 32.2. The molecule has 9 heteroatoms. The summed E-state index contributed by atoms with van der Waals surface area (Å²) in [4.78, 5) is 29.2. The van der Waals surface area contributed by atoms with Gasteiger partial charge >= 0.3 is 0 Å². The minimum absolute atomic E-state index is 0.103. The summed E-state index contributed by atoms with van der Waals surface area (Å²) in [6, 6.07) is 30.4. The molecule has 0 aromatic heterocycles. The van der Waals surface area contributed by atoms with Gasteiger partial charge < -0.3 is 14.5 Å². The summed E-state index contributed by atoms with van der Waals surface area (Å²) in [6.45, 7) is 4.76. The van der Waals surface area contributed by atoms with Crippen molar-refractivity contribution in [1.29, 1.82) is 0 Å². The van der Waals surface area contributed by atoms with Gasteiger partial charge in [-0.1, -0.05) is 72.8 Å². The zero-order valence-electron chi connectivity index (χ0n) is 25.0. The van der Waals surface area contributed by atoms with Gasteiger partial charge in [0.1, 0.15) is 12.4 Å². The fourth-order valence-electron chi connectivity index (χ4n) is 5.40. The van der Waals surface area contributed by atoms with Crippen LogP contribution in [0, 0.1) is 6.92 Å². The molecule has 1 aliphatic heterocycles. The van der Waals surface area contributed by atoms with Crippen LogP contribution in [0.25, 0.3) is 0 Å². The molecule has 8 nitrogen and oxygen atoms in total. The molecule has 5 rings (SSSR count). The van der Waals surface area contributed by atoms with Gasteiger partial charge in [0.2, 0.25) is 15.9 Å². The molecule has 1 heterocycles. The van der Waals surface area contributed by atoms with Gasteiger partial charge in [-0.3, -0.25) is 14.3 Å². The van der Waals surface area contributed by atoms with E-state index in [0.717, 1.165) is 41.6 Å². The number of carbonyl (C=O) groups excluding carboxylic acids is 2. The lowest BCUT2D eigenvalue weighted by molar-refractivity contribution is -0.128. The predicted octanol–water partition coefficient (Wildman–Crippen LogP) is 5.81. The Kier molecular flexibility index (Phi) is 9.65. The predicted molar refractivity (Wildman–Crippen MR) is 174 cm³/mol. The number of benzene rings is 4. The average molecular weight is 612 g/mol. The highest BCUT2D eigenvalue weighted by Gasteiger charge is 2.20. The molecule has 0 atom stereocenters. The Bertz CT molecular complexity index is 1720. The van der Waals surface area contributed by atoms with Crippen LogP contribution in [-0.2, 0) is 27.9 Å². The number of carbonyl (C=O) groups is 2. The monoisotopic (exact) mass is 611 g/mol. The lowest BCUT2D eigenvalue weighted by atomic mass is 10.0. The lowest BCUT2D eigenvalue weighted by Crippen LogP contribution is -2.29. The molecule has 1 aliphatic rings. The van der Waals surface area contributed by atoms with Crippen molar-refractivity contribution in [2.24, 2.45) is 0 Å². The number of ether oxygens (including phenoxy) is 1. The molecule has 228 valence electrons. The number of rotatable bonds is 13. The second kappa shape index (κ2) is 13.8. The standard InChI is InChI=1S/C35H37N3O5S/c1-26-32(36-44(2,41)42)13-7-14-33(26)38(24-27-9-4-3-5-10-27)25-28-16-18-29(19-17-28)35(40)30-11-6-12-31(23-30)43-22-21-37-20-8-15-34(37)39/h3-7,9-14,16-19,23,36H,8,15,20-22,24-25H2,1-2H3. The Balaban J connectivity index is 1.30. The first-order chi connectivity index (χ1) is 21.2. The number of amides is 1. The van der Waals surface area contributed by atoms with E-state index in [-0.39, 0.29) is 11.7 Å². The Hall–Kier alpha value is -4.63. The summed E-state index contributed by atoms with van der Waals surface area (Å²) in [5, 5.41) is 0. The van der Waals surface area contributed by atoms with Gasteiger partial charge in [0.25, 0.3) is 0 Å². The van der Waals surface area contributed by atoms with Gasteiger partial charge in [-0.15, -0.1) is 0 Å². The van der Waals surface area contributed by atoms with E-state index >= 15 is 0 Å². The van der Waals surface area contributed by atoms with Gasteiger partial charge in [0.05, 0.1) is 18.5 Å². The maximum absolute atomic E-state index is 13.3. The molecule has 4 aromatic carbocycles. The van der Waals surface area contributed by atoms with Gasteiger partial charge in [-0.25, -0.2) is 8.42 Å². The number of hydrogen-bond donors (Lipinski definition) is 1. The van der Waals surface area contributed by atoms with Crippen molar-refractivity contribution < 1.29 is 22.7 Å². The number of nitrogens with zero attached hydrogens (tertiary/aromatic N) is 2. The lowest BCUT2D eigenvalue weighted by Gasteiger charge is -2.28. The normalized spacial score (nSPS) is 13.1. The molecule has 44 heavy (non-hydrogen) atoms. The van der Waals surface area contributed by atoms with Crippen LogP contribution in [0.4, 0.5) is 11.4 Å². The minimum Gasteiger partial charge on any atom is -0.492 e. The molecule has 0 spiro atoms. The molecule has 0 radical (unpaired) electrons. The van der Waals surface area contributed by atoms with Crippen LogP contribution in [0.15, 0.2) is 97.1 Å². The van der Waals surface area contributed by atoms with Crippen molar-refractivity contribution >= 4 is 33.1 Å². The Labute approximate surface area is 259 Å². The number of hydrogen-bond acceptors (Lipinski definition) is 6. The minimum atomic E-state index is -3.43. The Morgan fingerprint density at radius 3 is 2.27 bits per heavy atom. The first-order valence-corrected chi connectivity index (χ1v) is 16.6. The number of likely N-dealkylation sites (tertiary alicyclic amines) is 1. The van der Waals surface area contributed by atoms with Gasteiger partial charge in [-0.2, -0.15) is 0 Å².